The minimum absolute atomic E-state index is 0.166. The first-order chi connectivity index (χ1) is 6.67. The highest BCUT2D eigenvalue weighted by molar-refractivity contribution is 5.35. The summed E-state index contributed by atoms with van der Waals surface area (Å²) >= 11 is 0. The summed E-state index contributed by atoms with van der Waals surface area (Å²) in [5.74, 6) is -0.136. The minimum atomic E-state index is -0.302. The van der Waals surface area contributed by atoms with E-state index < -0.39 is 0 Å². The molecule has 0 spiro atoms. The van der Waals surface area contributed by atoms with Crippen LogP contribution in [0, 0.1) is 5.82 Å². The Bertz CT molecular complexity index is 342. The Labute approximate surface area is 83.9 Å². The van der Waals surface area contributed by atoms with Crippen LogP contribution in [-0.4, -0.2) is 5.11 Å². The molecule has 14 heavy (non-hydrogen) atoms. The van der Waals surface area contributed by atoms with Gasteiger partial charge in [0, 0.05) is 5.56 Å². The van der Waals surface area contributed by atoms with E-state index in [9.17, 15) is 9.50 Å². The van der Waals surface area contributed by atoms with Gasteiger partial charge in [-0.15, -0.1) is 0 Å². The van der Waals surface area contributed by atoms with Crippen molar-refractivity contribution < 1.29 is 9.50 Å². The molecular formula is C12H15FO. The number of rotatable bonds is 3. The summed E-state index contributed by atoms with van der Waals surface area (Å²) in [4.78, 5) is 0. The number of phenolic OH excluding ortho intramolecular Hbond substituents is 1. The van der Waals surface area contributed by atoms with Crippen LogP contribution in [0.15, 0.2) is 29.8 Å². The molecule has 1 aromatic rings. The van der Waals surface area contributed by atoms with Gasteiger partial charge in [-0.3, -0.25) is 0 Å². The third kappa shape index (κ3) is 2.59. The average Bonchev–Trinajstić information content (AvgIpc) is 2.19. The van der Waals surface area contributed by atoms with Crippen molar-refractivity contribution in [3.63, 3.8) is 0 Å². The molecule has 0 saturated carbocycles. The van der Waals surface area contributed by atoms with E-state index in [-0.39, 0.29) is 11.6 Å². The van der Waals surface area contributed by atoms with Gasteiger partial charge in [0.15, 0.2) is 0 Å². The molecule has 0 aromatic heterocycles. The zero-order valence-corrected chi connectivity index (χ0v) is 8.55. The Hall–Kier alpha value is -1.31. The van der Waals surface area contributed by atoms with Crippen LogP contribution >= 0.6 is 0 Å². The molecule has 1 nitrogen and oxygen atoms in total. The SMILES string of the molecule is C/C=C(\CC)Cc1cc(F)ccc1O. The van der Waals surface area contributed by atoms with E-state index in [4.69, 9.17) is 0 Å². The van der Waals surface area contributed by atoms with Gasteiger partial charge in [-0.05, 0) is 38.0 Å². The Morgan fingerprint density at radius 2 is 2.21 bits per heavy atom. The maximum absolute atomic E-state index is 12.9. The van der Waals surface area contributed by atoms with Crippen molar-refractivity contribution in [3.8, 4) is 5.75 Å². The maximum Gasteiger partial charge on any atom is 0.123 e. The fourth-order valence-electron chi connectivity index (χ4n) is 1.37. The van der Waals surface area contributed by atoms with Crippen LogP contribution in [0.4, 0.5) is 4.39 Å². The predicted molar refractivity (Wildman–Crippen MR) is 55.8 cm³/mol. The number of halogens is 1. The van der Waals surface area contributed by atoms with Crippen LogP contribution in [0.1, 0.15) is 25.8 Å². The lowest BCUT2D eigenvalue weighted by molar-refractivity contribution is 0.466. The second-order valence-corrected chi connectivity index (χ2v) is 3.25. The van der Waals surface area contributed by atoms with Crippen LogP contribution in [0.3, 0.4) is 0 Å². The topological polar surface area (TPSA) is 20.2 Å². The minimum Gasteiger partial charge on any atom is -0.508 e. The zero-order valence-electron chi connectivity index (χ0n) is 8.55. The van der Waals surface area contributed by atoms with Gasteiger partial charge in [-0.25, -0.2) is 4.39 Å². The van der Waals surface area contributed by atoms with Crippen LogP contribution in [0.2, 0.25) is 0 Å². The van der Waals surface area contributed by atoms with E-state index in [1.165, 1.54) is 23.8 Å². The van der Waals surface area contributed by atoms with Gasteiger partial charge in [0.05, 0.1) is 0 Å². The molecular weight excluding hydrogens is 179 g/mol. The third-order valence-corrected chi connectivity index (χ3v) is 2.32. The van der Waals surface area contributed by atoms with Crippen molar-refractivity contribution in [1.29, 1.82) is 0 Å². The molecule has 0 aliphatic heterocycles. The van der Waals surface area contributed by atoms with E-state index >= 15 is 0 Å². The van der Waals surface area contributed by atoms with Crippen molar-refractivity contribution in [1.82, 2.24) is 0 Å². The summed E-state index contributed by atoms with van der Waals surface area (Å²) in [6.45, 7) is 4.00. The molecule has 1 aromatic carbocycles. The molecule has 0 atom stereocenters. The number of allylic oxidation sites excluding steroid dienone is 2. The number of hydrogen-bond acceptors (Lipinski definition) is 1. The van der Waals surface area contributed by atoms with Crippen LogP contribution < -0.4 is 0 Å². The van der Waals surface area contributed by atoms with E-state index in [1.54, 1.807) is 0 Å². The fourth-order valence-corrected chi connectivity index (χ4v) is 1.37. The first-order valence-corrected chi connectivity index (χ1v) is 4.78. The molecule has 0 aliphatic carbocycles. The molecule has 2 heteroatoms. The van der Waals surface area contributed by atoms with Crippen molar-refractivity contribution in [2.75, 3.05) is 0 Å². The van der Waals surface area contributed by atoms with Crippen molar-refractivity contribution in [2.24, 2.45) is 0 Å². The smallest absolute Gasteiger partial charge is 0.123 e. The summed E-state index contributed by atoms with van der Waals surface area (Å²) in [5.41, 5.74) is 1.85. The number of hydrogen-bond donors (Lipinski definition) is 1. The second-order valence-electron chi connectivity index (χ2n) is 3.25. The predicted octanol–water partition coefficient (Wildman–Crippen LogP) is 3.43. The van der Waals surface area contributed by atoms with Gasteiger partial charge >= 0.3 is 0 Å². The molecule has 0 aliphatic rings. The summed E-state index contributed by atoms with van der Waals surface area (Å²) < 4.78 is 12.9. The standard InChI is InChI=1S/C12H15FO/c1-3-9(4-2)7-10-8-11(13)5-6-12(10)14/h3,5-6,8,14H,4,7H2,1-2H3/b9-3+. The highest BCUT2D eigenvalue weighted by atomic mass is 19.1. The fraction of sp³-hybridized carbons (Fsp3) is 0.333. The molecule has 0 saturated heterocycles. The molecule has 0 fully saturated rings. The summed E-state index contributed by atoms with van der Waals surface area (Å²) in [5, 5.41) is 9.48. The third-order valence-electron chi connectivity index (χ3n) is 2.32. The van der Waals surface area contributed by atoms with E-state index in [0.717, 1.165) is 6.42 Å². The number of benzene rings is 1. The highest BCUT2D eigenvalue weighted by Crippen LogP contribution is 2.21. The molecule has 0 bridgehead atoms. The molecule has 0 amide bonds. The van der Waals surface area contributed by atoms with Crippen LogP contribution in [-0.2, 0) is 6.42 Å². The lowest BCUT2D eigenvalue weighted by Gasteiger charge is -2.06. The normalized spacial score (nSPS) is 11.8. The van der Waals surface area contributed by atoms with Gasteiger partial charge in [0.2, 0.25) is 0 Å². The van der Waals surface area contributed by atoms with E-state index in [2.05, 4.69) is 0 Å². The summed E-state index contributed by atoms with van der Waals surface area (Å²) in [6, 6.07) is 4.04. The average molecular weight is 194 g/mol. The van der Waals surface area contributed by atoms with Gasteiger partial charge in [-0.1, -0.05) is 18.6 Å². The van der Waals surface area contributed by atoms with Crippen molar-refractivity contribution in [3.05, 3.63) is 41.2 Å². The van der Waals surface area contributed by atoms with Gasteiger partial charge < -0.3 is 5.11 Å². The summed E-state index contributed by atoms with van der Waals surface area (Å²) in [7, 11) is 0. The Morgan fingerprint density at radius 1 is 1.50 bits per heavy atom. The first-order valence-electron chi connectivity index (χ1n) is 4.78. The molecule has 76 valence electrons. The lowest BCUT2D eigenvalue weighted by atomic mass is 10.0. The first kappa shape index (κ1) is 10.8. The summed E-state index contributed by atoms with van der Waals surface area (Å²) in [6.07, 6.45) is 3.55. The zero-order chi connectivity index (χ0) is 10.6. The van der Waals surface area contributed by atoms with Gasteiger partial charge in [-0.2, -0.15) is 0 Å². The second kappa shape index (κ2) is 4.80. The largest absolute Gasteiger partial charge is 0.508 e. The number of aromatic hydroxyl groups is 1. The van der Waals surface area contributed by atoms with Crippen LogP contribution in [0.25, 0.3) is 0 Å². The van der Waals surface area contributed by atoms with Crippen LogP contribution in [0.5, 0.6) is 5.75 Å². The quantitative estimate of drug-likeness (QED) is 0.731. The van der Waals surface area contributed by atoms with Gasteiger partial charge in [0.25, 0.3) is 0 Å². The monoisotopic (exact) mass is 194 g/mol. The molecule has 1 rings (SSSR count). The van der Waals surface area contributed by atoms with Gasteiger partial charge in [0.1, 0.15) is 11.6 Å². The Kier molecular flexibility index (Phi) is 3.69. The Morgan fingerprint density at radius 3 is 2.79 bits per heavy atom. The van der Waals surface area contributed by atoms with E-state index in [1.807, 2.05) is 19.9 Å². The van der Waals surface area contributed by atoms with E-state index in [0.29, 0.717) is 12.0 Å². The molecule has 0 unspecified atom stereocenters. The molecule has 0 radical (unpaired) electrons. The van der Waals surface area contributed by atoms with Crippen molar-refractivity contribution in [2.45, 2.75) is 26.7 Å². The lowest BCUT2D eigenvalue weighted by Crippen LogP contribution is -1.91. The van der Waals surface area contributed by atoms with Crippen molar-refractivity contribution >= 4 is 0 Å². The number of phenols is 1. The molecule has 0 heterocycles. The Balaban J connectivity index is 2.90. The highest BCUT2D eigenvalue weighted by Gasteiger charge is 2.04. The maximum atomic E-state index is 12.9. The molecule has 1 N–H and O–H groups in total.